The lowest BCUT2D eigenvalue weighted by atomic mass is 9.65. The third kappa shape index (κ3) is 12.2. The van der Waals surface area contributed by atoms with Crippen LogP contribution in [0.2, 0.25) is 4.34 Å². The summed E-state index contributed by atoms with van der Waals surface area (Å²) in [6, 6.07) is 56.0. The number of nitriles is 2. The molecule has 6 nitrogen and oxygen atoms in total. The van der Waals surface area contributed by atoms with Crippen LogP contribution in [-0.4, -0.2) is 11.6 Å². The lowest BCUT2D eigenvalue weighted by Gasteiger charge is -2.36. The number of ketones is 2. The lowest BCUT2D eigenvalue weighted by Crippen LogP contribution is -2.30. The van der Waals surface area contributed by atoms with Crippen LogP contribution < -0.4 is 0 Å². The summed E-state index contributed by atoms with van der Waals surface area (Å²) in [4.78, 5) is 42.8. The first-order valence-corrected chi connectivity index (χ1v) is 42.3. The summed E-state index contributed by atoms with van der Waals surface area (Å²) in [6.45, 7) is 27.3. The molecular formula is C91H79ClN4O2S6. The van der Waals surface area contributed by atoms with Crippen molar-refractivity contribution in [1.82, 2.24) is 0 Å². The van der Waals surface area contributed by atoms with Gasteiger partial charge in [-0.3, -0.25) is 9.59 Å². The van der Waals surface area contributed by atoms with Crippen LogP contribution in [0, 0.1) is 42.7 Å². The van der Waals surface area contributed by atoms with Crippen LogP contribution in [0.3, 0.4) is 0 Å². The van der Waals surface area contributed by atoms with Crippen LogP contribution >= 0.6 is 79.6 Å². The molecule has 5 aromatic carbocycles. The first-order chi connectivity index (χ1) is 50.8. The number of thiophene rings is 6. The number of carbonyl (C=O) groups is 2. The van der Waals surface area contributed by atoms with Gasteiger partial charge in [-0.15, -0.1) is 68.0 Å². The maximum atomic E-state index is 14.7. The molecule has 104 heavy (non-hydrogen) atoms. The highest BCUT2D eigenvalue weighted by molar-refractivity contribution is 7.31. The van der Waals surface area contributed by atoms with E-state index in [4.69, 9.17) is 24.7 Å². The SMILES string of the molecule is [C-]#[N+]/C(C#N)=C1/C(=Cc2cc3sc4c(c3s2)C(c2ccc(CCCCCC)cc2)(c2ccc(CCCCCC)cc2)c2cc3c(cc2-4)C(c2ccc(CCCCCC)cc2)(c2ccc(CCCCCC)cc2)c2c-3sc3cc(C=C4C(=O)c5sc(C)cc5/C4=C(\C#N)[N+]#[C-])sc23)C(=O)c2sc(Cl)cc21. The van der Waals surface area contributed by atoms with Gasteiger partial charge < -0.3 is 0 Å². The summed E-state index contributed by atoms with van der Waals surface area (Å²) in [5.74, 6) is -0.379. The molecule has 0 fully saturated rings. The number of benzene rings is 5. The maximum Gasteiger partial charge on any atom is 0.270 e. The van der Waals surface area contributed by atoms with Crippen molar-refractivity contribution in [2.24, 2.45) is 0 Å². The summed E-state index contributed by atoms with van der Waals surface area (Å²) in [6.07, 6.45) is 26.7. The number of hydrogen-bond acceptors (Lipinski definition) is 10. The predicted molar refractivity (Wildman–Crippen MR) is 440 cm³/mol. The Hall–Kier alpha value is -8.63. The number of unbranched alkanes of at least 4 members (excludes halogenated alkanes) is 12. The Morgan fingerprint density at radius 1 is 0.433 bits per heavy atom. The Kier molecular flexibility index (Phi) is 20.5. The smallest absolute Gasteiger partial charge is 0.270 e. The normalized spacial score (nSPS) is 16.0. The molecule has 0 unspecified atom stereocenters. The van der Waals surface area contributed by atoms with Crippen molar-refractivity contribution in [1.29, 1.82) is 10.5 Å². The first-order valence-electron chi connectivity index (χ1n) is 37.0. The van der Waals surface area contributed by atoms with E-state index in [1.54, 1.807) is 28.7 Å². The van der Waals surface area contributed by atoms with Gasteiger partial charge in [-0.25, -0.2) is 20.2 Å². The highest BCUT2D eigenvalue weighted by Crippen LogP contribution is 2.68. The molecule has 0 bridgehead atoms. The van der Waals surface area contributed by atoms with E-state index in [0.29, 0.717) is 47.5 Å². The van der Waals surface area contributed by atoms with E-state index in [-0.39, 0.29) is 23.0 Å². The van der Waals surface area contributed by atoms with Crippen molar-refractivity contribution in [2.75, 3.05) is 0 Å². The molecule has 4 aliphatic carbocycles. The van der Waals surface area contributed by atoms with Crippen LogP contribution in [0.15, 0.2) is 156 Å². The van der Waals surface area contributed by atoms with E-state index in [0.717, 1.165) is 84.8 Å². The lowest BCUT2D eigenvalue weighted by molar-refractivity contribution is 0.103. The molecular weight excluding hydrogens is 1410 g/mol. The van der Waals surface area contributed by atoms with Crippen molar-refractivity contribution < 1.29 is 9.59 Å². The molecule has 0 saturated heterocycles. The van der Waals surface area contributed by atoms with E-state index < -0.39 is 10.8 Å². The topological polar surface area (TPSA) is 90.4 Å². The fourth-order valence-corrected chi connectivity index (χ4v) is 24.4. The van der Waals surface area contributed by atoms with Crippen molar-refractivity contribution in [3.05, 3.63) is 285 Å². The standard InChI is InChI=1S/C91H79ClN4O2S6/c1-8-12-16-20-24-55-28-36-59(37-29-55)90(60-38-30-56(31-39-60)25-21-17-13-9-2)71-50-66-72(49-65(71)84-80(90)88-75(102-84)47-63(100-88)45-67-78(73(52-93)95-6)69-44-54(5)99-86(69)82(67)97)91(61-40-32-57(33-41-61)26-22-18-14-10-3,62-42-34-58(35-43-62)27-23-19-15-11-4)81-85(66)103-76-48-64(101-89(76)81)46-68-79(74(53-94)96-7)70-51-77(92)104-87(70)83(68)98/h28-51H,8-27H2,1-5H3/b67-45?,68-46?,78-73+,79-74-. The van der Waals surface area contributed by atoms with Crippen molar-refractivity contribution >= 4 is 133 Å². The molecule has 4 aliphatic rings. The molecule has 0 spiro atoms. The Morgan fingerprint density at radius 2 is 0.779 bits per heavy atom. The number of hydrogen-bond donors (Lipinski definition) is 0. The van der Waals surface area contributed by atoms with E-state index in [1.165, 1.54) is 187 Å². The highest BCUT2D eigenvalue weighted by atomic mass is 35.5. The van der Waals surface area contributed by atoms with Gasteiger partial charge in [0, 0.05) is 67.2 Å². The molecule has 0 saturated carbocycles. The molecule has 0 N–H and O–H groups in total. The Bertz CT molecular complexity index is 5060. The third-order valence-electron chi connectivity index (χ3n) is 21.8. The number of aryl methyl sites for hydroxylation is 5. The molecule has 0 amide bonds. The number of rotatable bonds is 26. The number of nitrogens with zero attached hydrogens (tertiary/aromatic N) is 4. The minimum atomic E-state index is -0.840. The van der Waals surface area contributed by atoms with Crippen LogP contribution in [0.4, 0.5) is 0 Å². The van der Waals surface area contributed by atoms with Gasteiger partial charge in [0.2, 0.25) is 11.6 Å². The van der Waals surface area contributed by atoms with Gasteiger partial charge in [0.05, 0.1) is 59.6 Å². The largest absolute Gasteiger partial charge is 0.288 e. The summed E-state index contributed by atoms with van der Waals surface area (Å²) in [5.41, 5.74) is 18.1. The van der Waals surface area contributed by atoms with Gasteiger partial charge in [-0.2, -0.15) is 0 Å². The number of allylic oxidation sites excluding steroid dienone is 6. The van der Waals surface area contributed by atoms with E-state index in [1.807, 2.05) is 47.8 Å². The summed E-state index contributed by atoms with van der Waals surface area (Å²) in [5, 5.41) is 20.9. The molecule has 6 heterocycles. The predicted octanol–water partition coefficient (Wildman–Crippen LogP) is 27.4. The molecule has 0 atom stereocenters. The molecule has 518 valence electrons. The van der Waals surface area contributed by atoms with Gasteiger partial charge in [-0.05, 0) is 185 Å². The number of carbonyl (C=O) groups excluding carboxylic acids is 2. The zero-order valence-corrected chi connectivity index (χ0v) is 65.1. The Balaban J connectivity index is 1.01. The van der Waals surface area contributed by atoms with Gasteiger partial charge >= 0.3 is 0 Å². The first kappa shape index (κ1) is 71.0. The second-order valence-corrected chi connectivity index (χ2v) is 35.5. The molecule has 0 radical (unpaired) electrons. The third-order valence-corrected chi connectivity index (χ3v) is 28.9. The van der Waals surface area contributed by atoms with Crippen LogP contribution in [0.25, 0.3) is 72.7 Å². The summed E-state index contributed by atoms with van der Waals surface area (Å²) >= 11 is 16.2. The average molecular weight is 1490 g/mol. The summed E-state index contributed by atoms with van der Waals surface area (Å²) < 4.78 is 4.93. The Labute approximate surface area is 640 Å². The molecule has 0 aliphatic heterocycles. The zero-order valence-electron chi connectivity index (χ0n) is 59.4. The van der Waals surface area contributed by atoms with Crippen LogP contribution in [-0.2, 0) is 36.5 Å². The van der Waals surface area contributed by atoms with E-state index >= 15 is 0 Å². The minimum absolute atomic E-state index is 0.0760. The van der Waals surface area contributed by atoms with Crippen molar-refractivity contribution in [3.8, 4) is 33.0 Å². The fourth-order valence-electron chi connectivity index (χ4n) is 16.8. The molecule has 13 heteroatoms. The maximum absolute atomic E-state index is 14.7. The molecule has 11 aromatic rings. The number of fused-ring (bicyclic) bond motifs is 12. The minimum Gasteiger partial charge on any atom is -0.288 e. The van der Waals surface area contributed by atoms with Crippen molar-refractivity contribution in [3.63, 3.8) is 0 Å². The fraction of sp³-hybridized carbons (Fsp3) is 0.297. The average Bonchev–Trinajstić information content (AvgIpc) is 1.49. The zero-order chi connectivity index (χ0) is 72.0. The quantitative estimate of drug-likeness (QED) is 0.0234. The molecule has 15 rings (SSSR count). The highest BCUT2D eigenvalue weighted by Gasteiger charge is 2.55. The summed E-state index contributed by atoms with van der Waals surface area (Å²) in [7, 11) is 0. The van der Waals surface area contributed by atoms with Crippen LogP contribution in [0.1, 0.15) is 242 Å². The van der Waals surface area contributed by atoms with Gasteiger partial charge in [0.25, 0.3) is 11.4 Å². The van der Waals surface area contributed by atoms with E-state index in [9.17, 15) is 20.1 Å². The number of halogens is 1. The number of Topliss-reactive ketones (excluding diaryl/α,β-unsaturated/α-hetero) is 2. The molecule has 6 aromatic heterocycles. The van der Waals surface area contributed by atoms with Crippen molar-refractivity contribution in [2.45, 2.75) is 174 Å². The van der Waals surface area contributed by atoms with Gasteiger partial charge in [0.1, 0.15) is 0 Å². The monoisotopic (exact) mass is 1490 g/mol. The van der Waals surface area contributed by atoms with E-state index in [2.05, 4.69) is 171 Å². The van der Waals surface area contributed by atoms with Gasteiger partial charge in [0.15, 0.2) is 0 Å². The Morgan fingerprint density at radius 3 is 1.12 bits per heavy atom. The van der Waals surface area contributed by atoms with Gasteiger partial charge in [-0.1, -0.05) is 213 Å². The second-order valence-electron chi connectivity index (χ2n) is 28.3. The second kappa shape index (κ2) is 30.1. The van der Waals surface area contributed by atoms with Crippen LogP contribution in [0.5, 0.6) is 0 Å².